The molecule has 0 saturated heterocycles. The van der Waals surface area contributed by atoms with Crippen LogP contribution in [0.2, 0.25) is 0 Å². The van der Waals surface area contributed by atoms with E-state index in [0.717, 1.165) is 37.8 Å². The minimum atomic E-state index is -0.336. The van der Waals surface area contributed by atoms with Crippen LogP contribution >= 0.6 is 15.9 Å². The smallest absolute Gasteiger partial charge is 0.270 e. The number of amides is 2. The number of carbonyl (C=O) groups is 2. The normalized spacial score (nSPS) is 16.6. The van der Waals surface area contributed by atoms with E-state index in [1.807, 2.05) is 114 Å². The van der Waals surface area contributed by atoms with Gasteiger partial charge in [0.25, 0.3) is 11.8 Å². The highest BCUT2D eigenvalue weighted by Gasteiger charge is 2.34. The first-order valence-corrected chi connectivity index (χ1v) is 14.5. The van der Waals surface area contributed by atoms with Crippen molar-refractivity contribution in [2.45, 2.75) is 18.6 Å². The molecule has 0 bridgehead atoms. The number of hydrogen-bond acceptors (Lipinski definition) is 5. The molecule has 0 aliphatic carbocycles. The fraction of sp³-hybridized carbons (Fsp3) is 0.118. The van der Waals surface area contributed by atoms with Crippen LogP contribution in [0.25, 0.3) is 10.9 Å². The summed E-state index contributed by atoms with van der Waals surface area (Å²) in [5, 5.41) is 8.12. The van der Waals surface area contributed by atoms with Gasteiger partial charge in [-0.25, -0.2) is 5.43 Å². The third-order valence-corrected chi connectivity index (χ3v) is 7.81. The molecule has 1 aliphatic heterocycles. The van der Waals surface area contributed by atoms with E-state index >= 15 is 0 Å². The molecule has 1 aromatic heterocycles. The van der Waals surface area contributed by atoms with Crippen LogP contribution in [0.1, 0.15) is 34.3 Å². The van der Waals surface area contributed by atoms with Crippen LogP contribution < -0.4 is 15.5 Å². The van der Waals surface area contributed by atoms with Gasteiger partial charge in [0.05, 0.1) is 19.4 Å². The molecule has 8 nitrogen and oxygen atoms in total. The Morgan fingerprint density at radius 3 is 2.40 bits per heavy atom. The number of nitrogens with zero attached hydrogens (tertiary/aromatic N) is 3. The van der Waals surface area contributed by atoms with Gasteiger partial charge in [0.15, 0.2) is 0 Å². The maximum absolute atomic E-state index is 13.7. The summed E-state index contributed by atoms with van der Waals surface area (Å²) in [6.45, 7) is 0.00172. The molecule has 2 amide bonds. The number of aromatic nitrogens is 1. The SMILES string of the molecule is COc1ccc(C=NNC(=O)Cn2cc(C3=N[C@@H](c4ccccc4)[C@H](c4ccccc4)NC3=O)c3cc(Br)ccc32)cc1. The second-order valence-electron chi connectivity index (χ2n) is 10.1. The van der Waals surface area contributed by atoms with E-state index < -0.39 is 0 Å². The van der Waals surface area contributed by atoms with Crippen LogP contribution in [0.15, 0.2) is 124 Å². The number of methoxy groups -OCH3 is 1. The standard InChI is InChI=1S/C34H28BrN5O3/c1-43-26-15-12-22(13-16-26)19-36-39-30(41)21-40-20-28(27-18-25(35)14-17-29(27)40)33-34(42)38-32(24-10-6-3-7-11-24)31(37-33)23-8-4-2-5-9-23/h2-20,31-32H,21H2,1H3,(H,38,42)(H,39,41)/t31-,32-/m0/s1. The van der Waals surface area contributed by atoms with Crippen molar-refractivity contribution in [1.29, 1.82) is 0 Å². The largest absolute Gasteiger partial charge is 0.497 e. The molecule has 4 aromatic carbocycles. The highest BCUT2D eigenvalue weighted by atomic mass is 79.9. The van der Waals surface area contributed by atoms with E-state index in [0.29, 0.717) is 11.3 Å². The lowest BCUT2D eigenvalue weighted by Gasteiger charge is -2.31. The third kappa shape index (κ3) is 6.12. The number of hydrazone groups is 1. The zero-order chi connectivity index (χ0) is 29.8. The first kappa shape index (κ1) is 28.1. The number of nitrogens with one attached hydrogen (secondary N) is 2. The molecule has 5 aromatic rings. The van der Waals surface area contributed by atoms with Gasteiger partial charge in [-0.05, 0) is 59.2 Å². The molecule has 2 N–H and O–H groups in total. The van der Waals surface area contributed by atoms with Crippen molar-refractivity contribution in [3.63, 3.8) is 0 Å². The van der Waals surface area contributed by atoms with Crippen LogP contribution in [0.4, 0.5) is 0 Å². The number of halogens is 1. The van der Waals surface area contributed by atoms with Gasteiger partial charge in [0.1, 0.15) is 24.0 Å². The fourth-order valence-electron chi connectivity index (χ4n) is 5.24. The molecule has 1 aliphatic rings. The minimum absolute atomic E-state index is 0.00172. The van der Waals surface area contributed by atoms with E-state index in [2.05, 4.69) is 31.8 Å². The van der Waals surface area contributed by atoms with E-state index in [1.165, 1.54) is 0 Å². The Hall–Kier alpha value is -5.02. The Morgan fingerprint density at radius 1 is 1.00 bits per heavy atom. The van der Waals surface area contributed by atoms with Crippen LogP contribution in [0, 0.1) is 0 Å². The molecule has 2 atom stereocenters. The third-order valence-electron chi connectivity index (χ3n) is 7.32. The topological polar surface area (TPSA) is 97.1 Å². The van der Waals surface area contributed by atoms with Gasteiger partial charge in [-0.15, -0.1) is 0 Å². The molecule has 0 spiro atoms. The predicted octanol–water partition coefficient (Wildman–Crippen LogP) is 5.96. The van der Waals surface area contributed by atoms with Crippen LogP contribution in [-0.4, -0.2) is 35.4 Å². The van der Waals surface area contributed by atoms with Crippen molar-refractivity contribution in [3.05, 3.63) is 136 Å². The monoisotopic (exact) mass is 633 g/mol. The Balaban J connectivity index is 1.32. The van der Waals surface area contributed by atoms with Crippen molar-refractivity contribution in [1.82, 2.24) is 15.3 Å². The quantitative estimate of drug-likeness (QED) is 0.163. The molecule has 0 radical (unpaired) electrons. The van der Waals surface area contributed by atoms with Gasteiger partial charge in [-0.1, -0.05) is 76.6 Å². The van der Waals surface area contributed by atoms with Gasteiger partial charge in [0, 0.05) is 27.1 Å². The van der Waals surface area contributed by atoms with Crippen molar-refractivity contribution < 1.29 is 14.3 Å². The molecule has 43 heavy (non-hydrogen) atoms. The summed E-state index contributed by atoms with van der Waals surface area (Å²) in [5.74, 6) is 0.163. The Kier molecular flexibility index (Phi) is 8.15. The summed E-state index contributed by atoms with van der Waals surface area (Å²) in [6.07, 6.45) is 3.38. The van der Waals surface area contributed by atoms with Crippen LogP contribution in [0.3, 0.4) is 0 Å². The van der Waals surface area contributed by atoms with E-state index in [9.17, 15) is 9.59 Å². The molecular formula is C34H28BrN5O3. The molecule has 6 rings (SSSR count). The van der Waals surface area contributed by atoms with Gasteiger partial charge in [-0.2, -0.15) is 5.10 Å². The average molecular weight is 635 g/mol. The van der Waals surface area contributed by atoms with Gasteiger partial charge in [0.2, 0.25) is 0 Å². The predicted molar refractivity (Wildman–Crippen MR) is 171 cm³/mol. The summed E-state index contributed by atoms with van der Waals surface area (Å²) in [6, 6.07) is 32.3. The number of carbonyl (C=O) groups excluding carboxylic acids is 2. The number of fused-ring (bicyclic) bond motifs is 1. The minimum Gasteiger partial charge on any atom is -0.497 e. The second-order valence-corrected chi connectivity index (χ2v) is 11.0. The van der Waals surface area contributed by atoms with Crippen molar-refractivity contribution in [3.8, 4) is 5.75 Å². The summed E-state index contributed by atoms with van der Waals surface area (Å²) in [4.78, 5) is 31.7. The summed E-state index contributed by atoms with van der Waals surface area (Å²) in [7, 11) is 1.61. The number of aliphatic imine (C=N–C) groups is 1. The Morgan fingerprint density at radius 2 is 1.70 bits per heavy atom. The highest BCUT2D eigenvalue weighted by molar-refractivity contribution is 9.10. The van der Waals surface area contributed by atoms with E-state index in [4.69, 9.17) is 9.73 Å². The molecule has 0 unspecified atom stereocenters. The van der Waals surface area contributed by atoms with Crippen molar-refractivity contribution >= 4 is 50.6 Å². The first-order valence-electron chi connectivity index (χ1n) is 13.7. The average Bonchev–Trinajstić information content (AvgIpc) is 3.38. The van der Waals surface area contributed by atoms with Crippen LogP contribution in [0.5, 0.6) is 5.75 Å². The number of benzene rings is 4. The lowest BCUT2D eigenvalue weighted by atomic mass is 9.91. The first-order chi connectivity index (χ1) is 21.0. The van der Waals surface area contributed by atoms with Crippen LogP contribution in [-0.2, 0) is 16.1 Å². The van der Waals surface area contributed by atoms with E-state index in [1.54, 1.807) is 13.3 Å². The number of rotatable bonds is 8. The summed E-state index contributed by atoms with van der Waals surface area (Å²) >= 11 is 3.56. The van der Waals surface area contributed by atoms with Crippen molar-refractivity contribution in [2.24, 2.45) is 10.1 Å². The zero-order valence-electron chi connectivity index (χ0n) is 23.3. The lowest BCUT2D eigenvalue weighted by molar-refractivity contribution is -0.121. The maximum atomic E-state index is 13.7. The number of hydrogen-bond donors (Lipinski definition) is 2. The Labute approximate surface area is 257 Å². The molecule has 9 heteroatoms. The highest BCUT2D eigenvalue weighted by Crippen LogP contribution is 2.37. The second kappa shape index (κ2) is 12.5. The molecular weight excluding hydrogens is 606 g/mol. The summed E-state index contributed by atoms with van der Waals surface area (Å²) < 4.78 is 7.84. The molecule has 0 fully saturated rings. The van der Waals surface area contributed by atoms with E-state index in [-0.39, 0.29) is 30.4 Å². The maximum Gasteiger partial charge on any atom is 0.270 e. The summed E-state index contributed by atoms with van der Waals surface area (Å²) in [5.41, 5.74) is 7.15. The van der Waals surface area contributed by atoms with Gasteiger partial charge < -0.3 is 14.6 Å². The lowest BCUT2D eigenvalue weighted by Crippen LogP contribution is -2.42. The molecule has 2 heterocycles. The molecule has 0 saturated carbocycles. The number of ether oxygens (including phenoxy) is 1. The zero-order valence-corrected chi connectivity index (χ0v) is 24.9. The Bertz CT molecular complexity index is 1830. The van der Waals surface area contributed by atoms with Gasteiger partial charge >= 0.3 is 0 Å². The fourth-order valence-corrected chi connectivity index (χ4v) is 5.60. The van der Waals surface area contributed by atoms with Gasteiger partial charge in [-0.3, -0.25) is 14.6 Å². The molecule has 214 valence electrons. The van der Waals surface area contributed by atoms with Crippen molar-refractivity contribution in [2.75, 3.05) is 7.11 Å².